The number of nitrogens with one attached hydrogen (secondary N) is 1. The number of carbonyl (C=O) groups is 1. The van der Waals surface area contributed by atoms with Gasteiger partial charge in [0.1, 0.15) is 12.4 Å². The number of anilines is 1. The average molecular weight is 459 g/mol. The summed E-state index contributed by atoms with van der Waals surface area (Å²) in [7, 11) is -3.54. The van der Waals surface area contributed by atoms with Crippen molar-refractivity contribution in [2.75, 3.05) is 30.3 Å². The SMILES string of the molecule is Cc1cccc(OCCNC(=O)CCCN(c2cc(Cl)cc(Cl)c2)S(C)(=O)=O)c1. The van der Waals surface area contributed by atoms with Gasteiger partial charge >= 0.3 is 0 Å². The summed E-state index contributed by atoms with van der Waals surface area (Å²) in [4.78, 5) is 12.0. The molecule has 0 saturated heterocycles. The van der Waals surface area contributed by atoms with Gasteiger partial charge in [-0.3, -0.25) is 9.10 Å². The van der Waals surface area contributed by atoms with Crippen molar-refractivity contribution in [3.63, 3.8) is 0 Å². The van der Waals surface area contributed by atoms with Gasteiger partial charge in [-0.1, -0.05) is 35.3 Å². The molecule has 1 N–H and O–H groups in total. The van der Waals surface area contributed by atoms with Crippen LogP contribution < -0.4 is 14.4 Å². The Morgan fingerprint density at radius 3 is 2.45 bits per heavy atom. The number of sulfonamides is 1. The molecule has 6 nitrogen and oxygen atoms in total. The average Bonchev–Trinajstić information content (AvgIpc) is 2.60. The van der Waals surface area contributed by atoms with Crippen LogP contribution in [0.25, 0.3) is 0 Å². The summed E-state index contributed by atoms with van der Waals surface area (Å²) >= 11 is 11.9. The van der Waals surface area contributed by atoms with Crippen LogP contribution in [-0.2, 0) is 14.8 Å². The minimum Gasteiger partial charge on any atom is -0.492 e. The number of ether oxygens (including phenoxy) is 1. The van der Waals surface area contributed by atoms with E-state index in [0.717, 1.165) is 17.6 Å². The molecule has 0 saturated carbocycles. The van der Waals surface area contributed by atoms with Crippen LogP contribution in [0.2, 0.25) is 10.0 Å². The van der Waals surface area contributed by atoms with Crippen LogP contribution >= 0.6 is 23.2 Å². The fraction of sp³-hybridized carbons (Fsp3) is 0.350. The van der Waals surface area contributed by atoms with Crippen LogP contribution in [0, 0.1) is 6.92 Å². The number of hydrogen-bond donors (Lipinski definition) is 1. The molecule has 2 rings (SSSR count). The van der Waals surface area contributed by atoms with Gasteiger partial charge < -0.3 is 10.1 Å². The normalized spacial score (nSPS) is 11.2. The topological polar surface area (TPSA) is 75.7 Å². The number of hydrogen-bond acceptors (Lipinski definition) is 4. The molecule has 0 aromatic heterocycles. The second-order valence-electron chi connectivity index (χ2n) is 6.58. The molecule has 0 radical (unpaired) electrons. The van der Waals surface area contributed by atoms with Crippen molar-refractivity contribution in [1.82, 2.24) is 5.32 Å². The lowest BCUT2D eigenvalue weighted by molar-refractivity contribution is -0.121. The van der Waals surface area contributed by atoms with Gasteiger partial charge in [-0.25, -0.2) is 8.42 Å². The molecule has 0 aliphatic rings. The fourth-order valence-electron chi connectivity index (χ4n) is 2.71. The number of halogens is 2. The molecule has 0 fully saturated rings. The summed E-state index contributed by atoms with van der Waals surface area (Å²) in [5.41, 5.74) is 1.47. The smallest absolute Gasteiger partial charge is 0.232 e. The predicted molar refractivity (Wildman–Crippen MR) is 118 cm³/mol. The Morgan fingerprint density at radius 2 is 1.83 bits per heavy atom. The van der Waals surface area contributed by atoms with Gasteiger partial charge in [0.15, 0.2) is 0 Å². The number of rotatable bonds is 10. The highest BCUT2D eigenvalue weighted by Crippen LogP contribution is 2.27. The maximum atomic E-state index is 12.1. The zero-order valence-electron chi connectivity index (χ0n) is 16.3. The molecule has 0 aliphatic heterocycles. The Kier molecular flexibility index (Phi) is 8.61. The number of nitrogens with zero attached hydrogens (tertiary/aromatic N) is 1. The second-order valence-corrected chi connectivity index (χ2v) is 9.36. The molecule has 2 aromatic rings. The molecule has 0 heterocycles. The van der Waals surface area contributed by atoms with Gasteiger partial charge in [0.05, 0.1) is 18.5 Å². The van der Waals surface area contributed by atoms with Crippen LogP contribution in [0.3, 0.4) is 0 Å². The van der Waals surface area contributed by atoms with Crippen molar-refractivity contribution in [2.24, 2.45) is 0 Å². The molecular weight excluding hydrogens is 435 g/mol. The summed E-state index contributed by atoms with van der Waals surface area (Å²) in [6.07, 6.45) is 1.64. The Morgan fingerprint density at radius 1 is 1.14 bits per heavy atom. The maximum absolute atomic E-state index is 12.1. The van der Waals surface area contributed by atoms with E-state index in [2.05, 4.69) is 5.32 Å². The van der Waals surface area contributed by atoms with Gasteiger partial charge in [0, 0.05) is 23.0 Å². The third-order valence-electron chi connectivity index (χ3n) is 3.98. The Bertz CT molecular complexity index is 931. The number of carbonyl (C=O) groups excluding carboxylic acids is 1. The van der Waals surface area contributed by atoms with E-state index in [1.54, 1.807) is 0 Å². The lowest BCUT2D eigenvalue weighted by Gasteiger charge is -2.22. The molecule has 0 unspecified atom stereocenters. The third-order valence-corrected chi connectivity index (χ3v) is 5.61. The molecule has 2 aromatic carbocycles. The molecule has 29 heavy (non-hydrogen) atoms. The summed E-state index contributed by atoms with van der Waals surface area (Å²) in [5, 5.41) is 3.44. The minimum absolute atomic E-state index is 0.142. The van der Waals surface area contributed by atoms with Crippen LogP contribution in [0.5, 0.6) is 5.75 Å². The lowest BCUT2D eigenvalue weighted by Crippen LogP contribution is -2.33. The van der Waals surface area contributed by atoms with Crippen molar-refractivity contribution in [3.05, 3.63) is 58.1 Å². The number of aryl methyl sites for hydroxylation is 1. The van der Waals surface area contributed by atoms with Crippen LogP contribution in [0.4, 0.5) is 5.69 Å². The first-order chi connectivity index (χ1) is 13.6. The first kappa shape index (κ1) is 23.3. The van der Waals surface area contributed by atoms with Gasteiger partial charge in [-0.2, -0.15) is 0 Å². The van der Waals surface area contributed by atoms with E-state index in [1.165, 1.54) is 22.5 Å². The summed E-state index contributed by atoms with van der Waals surface area (Å²) in [5.74, 6) is 0.582. The number of benzene rings is 2. The largest absolute Gasteiger partial charge is 0.492 e. The highest BCUT2D eigenvalue weighted by atomic mass is 35.5. The van der Waals surface area contributed by atoms with Gasteiger partial charge in [0.25, 0.3) is 0 Å². The quantitative estimate of drug-likeness (QED) is 0.544. The van der Waals surface area contributed by atoms with Crippen LogP contribution in [-0.4, -0.2) is 40.3 Å². The van der Waals surface area contributed by atoms with Gasteiger partial charge in [-0.05, 0) is 49.2 Å². The van der Waals surface area contributed by atoms with E-state index >= 15 is 0 Å². The maximum Gasteiger partial charge on any atom is 0.232 e. The van der Waals surface area contributed by atoms with E-state index in [-0.39, 0.29) is 18.9 Å². The Hall–Kier alpha value is -1.96. The highest BCUT2D eigenvalue weighted by molar-refractivity contribution is 7.92. The van der Waals surface area contributed by atoms with Crippen molar-refractivity contribution < 1.29 is 17.9 Å². The molecule has 0 aliphatic carbocycles. The Labute approximate surface area is 181 Å². The van der Waals surface area contributed by atoms with Crippen LogP contribution in [0.1, 0.15) is 18.4 Å². The van der Waals surface area contributed by atoms with Crippen molar-refractivity contribution in [3.8, 4) is 5.75 Å². The second kappa shape index (κ2) is 10.7. The summed E-state index contributed by atoms with van der Waals surface area (Å²) in [6.45, 7) is 2.84. The summed E-state index contributed by atoms with van der Waals surface area (Å²) < 4.78 is 31.0. The fourth-order valence-corrected chi connectivity index (χ4v) is 4.17. The zero-order chi connectivity index (χ0) is 21.4. The lowest BCUT2D eigenvalue weighted by atomic mass is 10.2. The van der Waals surface area contributed by atoms with E-state index in [4.69, 9.17) is 27.9 Å². The Balaban J connectivity index is 1.79. The zero-order valence-corrected chi connectivity index (χ0v) is 18.6. The van der Waals surface area contributed by atoms with Gasteiger partial charge in [-0.15, -0.1) is 0 Å². The predicted octanol–water partition coefficient (Wildman–Crippen LogP) is 4.04. The highest BCUT2D eigenvalue weighted by Gasteiger charge is 2.18. The standard InChI is InChI=1S/C20H24Cl2N2O4S/c1-15-5-3-6-19(11-15)28-10-8-23-20(25)7-4-9-24(29(2,26)27)18-13-16(21)12-17(22)14-18/h3,5-6,11-14H,4,7-10H2,1-2H3,(H,23,25). The van der Waals surface area contributed by atoms with E-state index in [9.17, 15) is 13.2 Å². The molecule has 1 amide bonds. The van der Waals surface area contributed by atoms with Crippen LogP contribution in [0.15, 0.2) is 42.5 Å². The first-order valence-corrected chi connectivity index (χ1v) is 11.7. The van der Waals surface area contributed by atoms with Crippen molar-refractivity contribution in [2.45, 2.75) is 19.8 Å². The molecule has 158 valence electrons. The summed E-state index contributed by atoms with van der Waals surface area (Å²) in [6, 6.07) is 12.2. The molecule has 0 atom stereocenters. The molecule has 9 heteroatoms. The monoisotopic (exact) mass is 458 g/mol. The van der Waals surface area contributed by atoms with E-state index in [1.807, 2.05) is 31.2 Å². The van der Waals surface area contributed by atoms with Gasteiger partial charge in [0.2, 0.25) is 15.9 Å². The van der Waals surface area contributed by atoms with E-state index < -0.39 is 10.0 Å². The minimum atomic E-state index is -3.54. The first-order valence-electron chi connectivity index (χ1n) is 9.05. The molecule has 0 spiro atoms. The van der Waals surface area contributed by atoms with Crippen molar-refractivity contribution >= 4 is 44.8 Å². The van der Waals surface area contributed by atoms with Crippen molar-refractivity contribution in [1.29, 1.82) is 0 Å². The molecule has 0 bridgehead atoms. The number of amides is 1. The van der Waals surface area contributed by atoms with E-state index in [0.29, 0.717) is 35.3 Å². The molecular formula is C20H24Cl2N2O4S. The third kappa shape index (κ3) is 8.12.